The van der Waals surface area contributed by atoms with Crippen molar-refractivity contribution in [1.82, 2.24) is 9.80 Å². The first kappa shape index (κ1) is 15.6. The van der Waals surface area contributed by atoms with Gasteiger partial charge in [0, 0.05) is 19.6 Å². The lowest BCUT2D eigenvalue weighted by molar-refractivity contribution is -0.130. The highest BCUT2D eigenvalue weighted by molar-refractivity contribution is 5.14. The summed E-state index contributed by atoms with van der Waals surface area (Å²) in [4.78, 5) is 5.23. The number of morpholine rings is 1. The lowest BCUT2D eigenvalue weighted by atomic mass is 9.89. The predicted octanol–water partition coefficient (Wildman–Crippen LogP) is 3.15. The molecule has 1 aliphatic carbocycles. The van der Waals surface area contributed by atoms with Gasteiger partial charge in [0.1, 0.15) is 0 Å². The second-order valence-corrected chi connectivity index (χ2v) is 7.77. The molecule has 0 amide bonds. The van der Waals surface area contributed by atoms with Gasteiger partial charge in [0.15, 0.2) is 0 Å². The SMILES string of the molecule is CCN1C[C@@H](C2CCN(Cc3ccccc3)CC2)OC2(CC2)C1. The van der Waals surface area contributed by atoms with Crippen LogP contribution in [0.2, 0.25) is 0 Å². The Morgan fingerprint density at radius 2 is 1.83 bits per heavy atom. The smallest absolute Gasteiger partial charge is 0.0815 e. The van der Waals surface area contributed by atoms with E-state index in [4.69, 9.17) is 4.74 Å². The third-order valence-electron chi connectivity index (χ3n) is 6.01. The van der Waals surface area contributed by atoms with Gasteiger partial charge in [0.25, 0.3) is 0 Å². The molecule has 2 saturated heterocycles. The van der Waals surface area contributed by atoms with Crippen LogP contribution in [0.5, 0.6) is 0 Å². The fraction of sp³-hybridized carbons (Fsp3) is 0.700. The number of nitrogens with zero attached hydrogens (tertiary/aromatic N) is 2. The van der Waals surface area contributed by atoms with Crippen molar-refractivity contribution in [1.29, 1.82) is 0 Å². The molecule has 0 unspecified atom stereocenters. The molecule has 0 N–H and O–H groups in total. The van der Waals surface area contributed by atoms with E-state index in [9.17, 15) is 0 Å². The number of likely N-dealkylation sites (N-methyl/N-ethyl adjacent to an activating group) is 1. The minimum Gasteiger partial charge on any atom is -0.369 e. The van der Waals surface area contributed by atoms with Crippen LogP contribution in [-0.4, -0.2) is 54.2 Å². The monoisotopic (exact) mass is 314 g/mol. The number of hydrogen-bond donors (Lipinski definition) is 0. The van der Waals surface area contributed by atoms with Crippen LogP contribution >= 0.6 is 0 Å². The minimum atomic E-state index is 0.250. The van der Waals surface area contributed by atoms with Crippen LogP contribution in [0.1, 0.15) is 38.2 Å². The molecule has 1 spiro atoms. The molecule has 126 valence electrons. The van der Waals surface area contributed by atoms with Crippen LogP contribution in [-0.2, 0) is 11.3 Å². The van der Waals surface area contributed by atoms with Crippen LogP contribution in [0.25, 0.3) is 0 Å². The molecule has 3 fully saturated rings. The summed E-state index contributed by atoms with van der Waals surface area (Å²) in [6, 6.07) is 10.9. The highest BCUT2D eigenvalue weighted by Gasteiger charge is 2.51. The summed E-state index contributed by atoms with van der Waals surface area (Å²) in [7, 11) is 0. The Morgan fingerprint density at radius 3 is 2.48 bits per heavy atom. The Labute approximate surface area is 140 Å². The third kappa shape index (κ3) is 3.62. The summed E-state index contributed by atoms with van der Waals surface area (Å²) in [5.74, 6) is 0.758. The molecule has 2 heterocycles. The van der Waals surface area contributed by atoms with Gasteiger partial charge in [0.2, 0.25) is 0 Å². The van der Waals surface area contributed by atoms with Gasteiger partial charge < -0.3 is 4.74 Å². The standard InChI is InChI=1S/C20H30N2O/c1-2-21-15-19(23-20(16-21)10-11-20)18-8-12-22(13-9-18)14-17-6-4-3-5-7-17/h3-7,18-19H,2,8-16H2,1H3/t19-/m0/s1. The zero-order chi connectivity index (χ0) is 15.7. The summed E-state index contributed by atoms with van der Waals surface area (Å²) >= 11 is 0. The summed E-state index contributed by atoms with van der Waals surface area (Å²) in [6.45, 7) is 9.34. The van der Waals surface area contributed by atoms with Crippen LogP contribution in [0.3, 0.4) is 0 Å². The van der Waals surface area contributed by atoms with Crippen LogP contribution in [0.4, 0.5) is 0 Å². The Bertz CT molecular complexity index is 506. The summed E-state index contributed by atoms with van der Waals surface area (Å²) in [5, 5.41) is 0. The average Bonchev–Trinajstić information content (AvgIpc) is 3.34. The van der Waals surface area contributed by atoms with E-state index in [1.165, 1.54) is 57.4 Å². The molecule has 23 heavy (non-hydrogen) atoms. The number of hydrogen-bond acceptors (Lipinski definition) is 3. The largest absolute Gasteiger partial charge is 0.369 e. The molecule has 3 aliphatic rings. The van der Waals surface area contributed by atoms with E-state index in [0.29, 0.717) is 6.10 Å². The van der Waals surface area contributed by atoms with Gasteiger partial charge >= 0.3 is 0 Å². The van der Waals surface area contributed by atoms with E-state index in [1.807, 2.05) is 0 Å². The zero-order valence-electron chi connectivity index (χ0n) is 14.4. The van der Waals surface area contributed by atoms with Crippen LogP contribution in [0, 0.1) is 5.92 Å². The molecule has 3 nitrogen and oxygen atoms in total. The Hall–Kier alpha value is -0.900. The van der Waals surface area contributed by atoms with E-state index >= 15 is 0 Å². The van der Waals surface area contributed by atoms with Gasteiger partial charge in [0.05, 0.1) is 11.7 Å². The predicted molar refractivity (Wildman–Crippen MR) is 93.4 cm³/mol. The van der Waals surface area contributed by atoms with E-state index < -0.39 is 0 Å². The first-order valence-corrected chi connectivity index (χ1v) is 9.43. The lowest BCUT2D eigenvalue weighted by Gasteiger charge is -2.44. The summed E-state index contributed by atoms with van der Waals surface area (Å²) in [5.41, 5.74) is 1.69. The highest BCUT2D eigenvalue weighted by Crippen LogP contribution is 2.45. The fourth-order valence-corrected chi connectivity index (χ4v) is 4.35. The van der Waals surface area contributed by atoms with E-state index in [2.05, 4.69) is 47.1 Å². The maximum atomic E-state index is 6.55. The number of piperidine rings is 1. The number of likely N-dealkylation sites (tertiary alicyclic amines) is 1. The molecule has 3 heteroatoms. The summed E-state index contributed by atoms with van der Waals surface area (Å²) in [6.07, 6.45) is 5.64. The highest BCUT2D eigenvalue weighted by atomic mass is 16.5. The molecule has 0 bridgehead atoms. The quantitative estimate of drug-likeness (QED) is 0.849. The van der Waals surface area contributed by atoms with Crippen LogP contribution < -0.4 is 0 Å². The van der Waals surface area contributed by atoms with Crippen molar-refractivity contribution in [2.75, 3.05) is 32.7 Å². The van der Waals surface area contributed by atoms with Gasteiger partial charge in [-0.15, -0.1) is 0 Å². The Balaban J connectivity index is 1.31. The number of benzene rings is 1. The van der Waals surface area contributed by atoms with Gasteiger partial charge in [-0.3, -0.25) is 9.80 Å². The number of rotatable bonds is 4. The first-order chi connectivity index (χ1) is 11.3. The molecular weight excluding hydrogens is 284 g/mol. The minimum absolute atomic E-state index is 0.250. The van der Waals surface area contributed by atoms with E-state index in [0.717, 1.165) is 19.0 Å². The van der Waals surface area contributed by atoms with Crippen molar-refractivity contribution < 1.29 is 4.74 Å². The molecular formula is C20H30N2O. The van der Waals surface area contributed by atoms with Crippen molar-refractivity contribution in [3.05, 3.63) is 35.9 Å². The first-order valence-electron chi connectivity index (χ1n) is 9.43. The lowest BCUT2D eigenvalue weighted by Crippen LogP contribution is -2.52. The Morgan fingerprint density at radius 1 is 1.09 bits per heavy atom. The van der Waals surface area contributed by atoms with Crippen molar-refractivity contribution in [2.24, 2.45) is 5.92 Å². The summed E-state index contributed by atoms with van der Waals surface area (Å²) < 4.78 is 6.55. The second kappa shape index (κ2) is 6.54. The molecule has 1 aromatic rings. The molecule has 1 atom stereocenters. The number of ether oxygens (including phenoxy) is 1. The second-order valence-electron chi connectivity index (χ2n) is 7.77. The maximum Gasteiger partial charge on any atom is 0.0815 e. The van der Waals surface area contributed by atoms with Crippen LogP contribution in [0.15, 0.2) is 30.3 Å². The fourth-order valence-electron chi connectivity index (χ4n) is 4.35. The van der Waals surface area contributed by atoms with E-state index in [-0.39, 0.29) is 5.60 Å². The molecule has 2 aliphatic heterocycles. The van der Waals surface area contributed by atoms with Gasteiger partial charge in [-0.2, -0.15) is 0 Å². The topological polar surface area (TPSA) is 15.7 Å². The Kier molecular flexibility index (Phi) is 4.44. The van der Waals surface area contributed by atoms with Crippen molar-refractivity contribution >= 4 is 0 Å². The van der Waals surface area contributed by atoms with Crippen molar-refractivity contribution in [3.63, 3.8) is 0 Å². The third-order valence-corrected chi connectivity index (χ3v) is 6.01. The zero-order valence-corrected chi connectivity index (χ0v) is 14.4. The molecule has 0 aromatic heterocycles. The molecule has 0 radical (unpaired) electrons. The normalized spacial score (nSPS) is 29.0. The van der Waals surface area contributed by atoms with Gasteiger partial charge in [-0.1, -0.05) is 37.3 Å². The van der Waals surface area contributed by atoms with Crippen molar-refractivity contribution in [3.8, 4) is 0 Å². The maximum absolute atomic E-state index is 6.55. The average molecular weight is 314 g/mol. The molecule has 1 aromatic carbocycles. The van der Waals surface area contributed by atoms with E-state index in [1.54, 1.807) is 0 Å². The molecule has 4 rings (SSSR count). The van der Waals surface area contributed by atoms with Gasteiger partial charge in [-0.25, -0.2) is 0 Å². The van der Waals surface area contributed by atoms with Gasteiger partial charge in [-0.05, 0) is 56.8 Å². The van der Waals surface area contributed by atoms with Crippen molar-refractivity contribution in [2.45, 2.75) is 50.9 Å². The molecule has 1 saturated carbocycles.